The Morgan fingerprint density at radius 1 is 1.22 bits per heavy atom. The van der Waals surface area contributed by atoms with Gasteiger partial charge in [0.2, 0.25) is 0 Å². The topological polar surface area (TPSA) is 71.7 Å². The van der Waals surface area contributed by atoms with Crippen molar-refractivity contribution in [2.75, 3.05) is 20.7 Å². The van der Waals surface area contributed by atoms with Crippen LogP contribution >= 0.6 is 24.0 Å². The highest BCUT2D eigenvalue weighted by atomic mass is 127. The molecule has 1 heterocycles. The second kappa shape index (κ2) is 11.8. The molecule has 150 valence electrons. The van der Waals surface area contributed by atoms with Crippen molar-refractivity contribution in [1.29, 1.82) is 0 Å². The molecule has 0 fully saturated rings. The van der Waals surface area contributed by atoms with Crippen molar-refractivity contribution in [3.05, 3.63) is 46.3 Å². The van der Waals surface area contributed by atoms with Crippen LogP contribution in [-0.4, -0.2) is 31.8 Å². The monoisotopic (exact) mass is 486 g/mol. The van der Waals surface area contributed by atoms with E-state index < -0.39 is 0 Å². The Labute approximate surface area is 179 Å². The summed E-state index contributed by atoms with van der Waals surface area (Å²) in [5.41, 5.74) is 4.53. The number of methoxy groups -OCH3 is 1. The summed E-state index contributed by atoms with van der Waals surface area (Å²) in [6.45, 7) is 7.66. The second-order valence-corrected chi connectivity index (χ2v) is 6.14. The predicted octanol–water partition coefficient (Wildman–Crippen LogP) is 3.64. The first kappa shape index (κ1) is 23.3. The van der Waals surface area contributed by atoms with Gasteiger partial charge in [-0.1, -0.05) is 31.1 Å². The van der Waals surface area contributed by atoms with E-state index in [9.17, 15) is 0 Å². The molecule has 2 N–H and O–H groups in total. The summed E-state index contributed by atoms with van der Waals surface area (Å²) in [5.74, 6) is 2.64. The van der Waals surface area contributed by atoms with Crippen LogP contribution < -0.4 is 15.4 Å². The maximum atomic E-state index is 5.41. The third-order valence-corrected chi connectivity index (χ3v) is 4.44. The highest BCUT2D eigenvalue weighted by Gasteiger charge is 2.13. The molecule has 2 rings (SSSR count). The van der Waals surface area contributed by atoms with Gasteiger partial charge in [0.25, 0.3) is 0 Å². The minimum absolute atomic E-state index is 0. The van der Waals surface area contributed by atoms with Crippen molar-refractivity contribution in [3.63, 3.8) is 0 Å². The third-order valence-electron chi connectivity index (χ3n) is 4.44. The largest absolute Gasteiger partial charge is 0.496 e. The Hall–Kier alpha value is -1.77. The van der Waals surface area contributed by atoms with Crippen molar-refractivity contribution >= 4 is 29.9 Å². The number of nitrogens with one attached hydrogen (secondary N) is 2. The molecule has 6 nitrogen and oxygen atoms in total. The Bertz CT molecular complexity index is 722. The summed E-state index contributed by atoms with van der Waals surface area (Å²) in [7, 11) is 3.48. The molecule has 0 aliphatic carbocycles. The molecule has 0 bridgehead atoms. The number of rotatable bonds is 8. The van der Waals surface area contributed by atoms with E-state index in [-0.39, 0.29) is 24.0 Å². The van der Waals surface area contributed by atoms with E-state index >= 15 is 0 Å². The van der Waals surface area contributed by atoms with Gasteiger partial charge in [-0.3, -0.25) is 4.99 Å². The fourth-order valence-electron chi connectivity index (χ4n) is 2.88. The fourth-order valence-corrected chi connectivity index (χ4v) is 2.88. The minimum atomic E-state index is 0. The molecule has 1 aromatic heterocycles. The molecule has 0 atom stereocenters. The maximum absolute atomic E-state index is 5.41. The van der Waals surface area contributed by atoms with Crippen LogP contribution in [0.1, 0.15) is 42.0 Å². The van der Waals surface area contributed by atoms with Gasteiger partial charge in [-0.15, -0.1) is 24.0 Å². The van der Waals surface area contributed by atoms with Crippen LogP contribution in [0, 0.1) is 6.92 Å². The zero-order valence-corrected chi connectivity index (χ0v) is 19.2. The standard InChI is InChI=1S/C20H30N4O2.HI/c1-6-17-16(18(7-2)26-24-17)13-23-20(21-4)22-11-10-15-9-8-14(3)19(12-15)25-5;/h8-9,12H,6-7,10-11,13H2,1-5H3,(H2,21,22,23);1H. The highest BCUT2D eigenvalue weighted by molar-refractivity contribution is 14.0. The van der Waals surface area contributed by atoms with Gasteiger partial charge in [-0.25, -0.2) is 0 Å². The van der Waals surface area contributed by atoms with E-state index in [1.54, 1.807) is 14.2 Å². The third kappa shape index (κ3) is 6.41. The van der Waals surface area contributed by atoms with E-state index in [2.05, 4.69) is 52.8 Å². The Kier molecular flexibility index (Phi) is 10.2. The van der Waals surface area contributed by atoms with Crippen molar-refractivity contribution in [2.24, 2.45) is 4.99 Å². The molecule has 0 spiro atoms. The summed E-state index contributed by atoms with van der Waals surface area (Å²) >= 11 is 0. The van der Waals surface area contributed by atoms with E-state index in [0.29, 0.717) is 6.54 Å². The van der Waals surface area contributed by atoms with E-state index in [4.69, 9.17) is 9.26 Å². The zero-order chi connectivity index (χ0) is 18.9. The van der Waals surface area contributed by atoms with Crippen LogP contribution in [0.4, 0.5) is 0 Å². The van der Waals surface area contributed by atoms with Crippen LogP contribution in [0.15, 0.2) is 27.7 Å². The molecule has 0 aliphatic heterocycles. The van der Waals surface area contributed by atoms with E-state index in [1.165, 1.54) is 5.56 Å². The van der Waals surface area contributed by atoms with Crippen molar-refractivity contribution in [3.8, 4) is 5.75 Å². The summed E-state index contributed by atoms with van der Waals surface area (Å²) in [6, 6.07) is 6.31. The predicted molar refractivity (Wildman–Crippen MR) is 120 cm³/mol. The molecule has 27 heavy (non-hydrogen) atoms. The van der Waals surface area contributed by atoms with E-state index in [0.717, 1.165) is 60.1 Å². The Balaban J connectivity index is 0.00000364. The van der Waals surface area contributed by atoms with Gasteiger partial charge in [-0.2, -0.15) is 0 Å². The number of benzene rings is 1. The van der Waals surface area contributed by atoms with Gasteiger partial charge in [0.05, 0.1) is 12.8 Å². The molecule has 0 saturated carbocycles. The van der Waals surface area contributed by atoms with Crippen LogP contribution in [0.3, 0.4) is 0 Å². The van der Waals surface area contributed by atoms with Crippen molar-refractivity contribution in [2.45, 2.75) is 46.6 Å². The normalized spacial score (nSPS) is 11.1. The number of aromatic nitrogens is 1. The molecule has 0 unspecified atom stereocenters. The number of guanidine groups is 1. The molecule has 0 radical (unpaired) electrons. The number of halogens is 1. The molecular weight excluding hydrogens is 455 g/mol. The number of hydrogen-bond acceptors (Lipinski definition) is 4. The number of aryl methyl sites for hydroxylation is 3. The smallest absolute Gasteiger partial charge is 0.191 e. The first-order valence-corrected chi connectivity index (χ1v) is 9.17. The lowest BCUT2D eigenvalue weighted by Gasteiger charge is -2.13. The molecule has 2 aromatic rings. The Morgan fingerprint density at radius 2 is 2.00 bits per heavy atom. The molecule has 7 heteroatoms. The molecular formula is C20H31IN4O2. The summed E-state index contributed by atoms with van der Waals surface area (Å²) in [6.07, 6.45) is 2.60. The number of ether oxygens (including phenoxy) is 1. The van der Waals surface area contributed by atoms with Crippen molar-refractivity contribution in [1.82, 2.24) is 15.8 Å². The van der Waals surface area contributed by atoms with Crippen LogP contribution in [-0.2, 0) is 25.8 Å². The van der Waals surface area contributed by atoms with Gasteiger partial charge in [0.1, 0.15) is 11.5 Å². The Morgan fingerprint density at radius 3 is 2.63 bits per heavy atom. The number of nitrogens with zero attached hydrogens (tertiary/aromatic N) is 2. The SMILES string of the molecule is CCc1noc(CC)c1CNC(=NC)NCCc1ccc(C)c(OC)c1.I. The first-order chi connectivity index (χ1) is 12.6. The molecule has 1 aromatic carbocycles. The van der Waals surface area contributed by atoms with Crippen LogP contribution in [0.5, 0.6) is 5.75 Å². The average Bonchev–Trinajstić information content (AvgIpc) is 3.07. The minimum Gasteiger partial charge on any atom is -0.496 e. The van der Waals surface area contributed by atoms with Gasteiger partial charge in [-0.05, 0) is 37.0 Å². The summed E-state index contributed by atoms with van der Waals surface area (Å²) in [5, 5.41) is 10.9. The first-order valence-electron chi connectivity index (χ1n) is 9.17. The number of aliphatic imine (C=N–C) groups is 1. The van der Waals surface area contributed by atoms with E-state index in [1.807, 2.05) is 6.92 Å². The lowest BCUT2D eigenvalue weighted by atomic mass is 10.1. The quantitative estimate of drug-likeness (QED) is 0.339. The highest BCUT2D eigenvalue weighted by Crippen LogP contribution is 2.19. The van der Waals surface area contributed by atoms with Gasteiger partial charge >= 0.3 is 0 Å². The lowest BCUT2D eigenvalue weighted by Crippen LogP contribution is -2.38. The molecule has 0 saturated heterocycles. The van der Waals surface area contributed by atoms with Gasteiger partial charge in [0.15, 0.2) is 5.96 Å². The van der Waals surface area contributed by atoms with Gasteiger partial charge in [0, 0.05) is 32.1 Å². The van der Waals surface area contributed by atoms with Crippen molar-refractivity contribution < 1.29 is 9.26 Å². The lowest BCUT2D eigenvalue weighted by molar-refractivity contribution is 0.380. The fraction of sp³-hybridized carbons (Fsp3) is 0.500. The summed E-state index contributed by atoms with van der Waals surface area (Å²) in [4.78, 5) is 4.30. The van der Waals surface area contributed by atoms with Gasteiger partial charge < -0.3 is 19.9 Å². The van der Waals surface area contributed by atoms with Crippen LogP contribution in [0.25, 0.3) is 0 Å². The summed E-state index contributed by atoms with van der Waals surface area (Å²) < 4.78 is 10.8. The second-order valence-electron chi connectivity index (χ2n) is 6.14. The number of hydrogen-bond donors (Lipinski definition) is 2. The van der Waals surface area contributed by atoms with Crippen LogP contribution in [0.2, 0.25) is 0 Å². The maximum Gasteiger partial charge on any atom is 0.191 e. The molecule has 0 amide bonds. The molecule has 0 aliphatic rings. The average molecular weight is 486 g/mol. The zero-order valence-electron chi connectivity index (χ0n) is 16.9.